The lowest BCUT2D eigenvalue weighted by Crippen LogP contribution is -2.42. The van der Waals surface area contributed by atoms with Gasteiger partial charge in [0.2, 0.25) is 11.9 Å². The summed E-state index contributed by atoms with van der Waals surface area (Å²) in [5.41, 5.74) is 2.28. The maximum atomic E-state index is 13.9. The first-order valence-electron chi connectivity index (χ1n) is 12.8. The van der Waals surface area contributed by atoms with Crippen molar-refractivity contribution in [3.8, 4) is 16.8 Å². The Morgan fingerprint density at radius 3 is 2.54 bits per heavy atom. The van der Waals surface area contributed by atoms with Crippen molar-refractivity contribution in [3.05, 3.63) is 84.4 Å². The summed E-state index contributed by atoms with van der Waals surface area (Å²) in [6.45, 7) is 2.48. The molecule has 0 saturated carbocycles. The molecule has 0 aliphatic heterocycles. The summed E-state index contributed by atoms with van der Waals surface area (Å²) in [4.78, 5) is 30.0. The molecule has 10 heteroatoms. The molecule has 0 bridgehead atoms. The summed E-state index contributed by atoms with van der Waals surface area (Å²) in [6, 6.07) is 16.8. The Morgan fingerprint density at radius 2 is 1.85 bits per heavy atom. The van der Waals surface area contributed by atoms with Crippen LogP contribution in [0.2, 0.25) is 0 Å². The zero-order valence-electron chi connectivity index (χ0n) is 22.3. The van der Waals surface area contributed by atoms with Gasteiger partial charge in [0.1, 0.15) is 6.17 Å². The number of nitrogens with one attached hydrogen (secondary N) is 2. The molecule has 2 amide bonds. The van der Waals surface area contributed by atoms with E-state index in [1.54, 1.807) is 21.5 Å². The van der Waals surface area contributed by atoms with E-state index in [2.05, 4.69) is 20.7 Å². The van der Waals surface area contributed by atoms with Gasteiger partial charge in [-0.3, -0.25) is 24.2 Å². The number of aliphatic hydroxyl groups is 1. The van der Waals surface area contributed by atoms with Gasteiger partial charge in [0, 0.05) is 42.7 Å². The second kappa shape index (κ2) is 12.0. The Morgan fingerprint density at radius 1 is 1.08 bits per heavy atom. The van der Waals surface area contributed by atoms with Crippen LogP contribution in [0.3, 0.4) is 0 Å². The lowest BCUT2D eigenvalue weighted by molar-refractivity contribution is -0.121. The first-order chi connectivity index (χ1) is 18.6. The van der Waals surface area contributed by atoms with Crippen LogP contribution in [0.4, 0.5) is 10.3 Å². The summed E-state index contributed by atoms with van der Waals surface area (Å²) in [5, 5.41) is 19.3. The number of hydrogen-bond donors (Lipinski definition) is 3. The van der Waals surface area contributed by atoms with Crippen molar-refractivity contribution >= 4 is 17.8 Å². The number of rotatable bonds is 11. The van der Waals surface area contributed by atoms with E-state index in [-0.39, 0.29) is 24.8 Å². The predicted molar refractivity (Wildman–Crippen MR) is 147 cm³/mol. The van der Waals surface area contributed by atoms with Crippen LogP contribution in [-0.2, 0) is 18.3 Å². The molecule has 3 N–H and O–H groups in total. The van der Waals surface area contributed by atoms with Crippen molar-refractivity contribution < 1.29 is 19.1 Å². The Kier molecular flexibility index (Phi) is 8.55. The van der Waals surface area contributed by atoms with Gasteiger partial charge in [-0.25, -0.2) is 9.37 Å². The molecule has 0 saturated heterocycles. The highest BCUT2D eigenvalue weighted by atomic mass is 19.1. The standard InChI is InChI=1S/C29H33FN6O3/c1-29(2,39)25(30)17-31-26(37)14-8-11-23-19-36(24-12-5-4-6-13-24)28(33-23)34-27(38)21-10-7-9-20(15-21)22-16-32-35(3)18-22/h4-7,9-10,12-13,15-16,18-19,25,39H,8,11,14,17H2,1-3H3,(H,31,37)(H,33,34,38)/t25-/m1/s1. The lowest BCUT2D eigenvalue weighted by Gasteiger charge is -2.22. The van der Waals surface area contributed by atoms with E-state index in [0.29, 0.717) is 30.0 Å². The molecule has 0 fully saturated rings. The largest absolute Gasteiger partial charge is 0.387 e. The predicted octanol–water partition coefficient (Wildman–Crippen LogP) is 4.07. The number of amides is 2. The van der Waals surface area contributed by atoms with Crippen molar-refractivity contribution in [1.29, 1.82) is 0 Å². The van der Waals surface area contributed by atoms with Crippen molar-refractivity contribution in [2.75, 3.05) is 11.9 Å². The van der Waals surface area contributed by atoms with Crippen LogP contribution in [-0.4, -0.2) is 54.6 Å². The molecule has 0 spiro atoms. The van der Waals surface area contributed by atoms with Gasteiger partial charge in [0.15, 0.2) is 0 Å². The van der Waals surface area contributed by atoms with Crippen LogP contribution in [0.15, 0.2) is 73.2 Å². The molecule has 2 heterocycles. The second-order valence-electron chi connectivity index (χ2n) is 9.98. The van der Waals surface area contributed by atoms with Crippen LogP contribution >= 0.6 is 0 Å². The minimum absolute atomic E-state index is 0.180. The summed E-state index contributed by atoms with van der Waals surface area (Å²) >= 11 is 0. The van der Waals surface area contributed by atoms with E-state index < -0.39 is 11.8 Å². The van der Waals surface area contributed by atoms with Gasteiger partial charge in [0.05, 0.1) is 24.0 Å². The Bertz CT molecular complexity index is 1420. The fraction of sp³-hybridized carbons (Fsp3) is 0.310. The van der Waals surface area contributed by atoms with Gasteiger partial charge >= 0.3 is 0 Å². The normalized spacial score (nSPS) is 12.2. The van der Waals surface area contributed by atoms with Crippen molar-refractivity contribution in [1.82, 2.24) is 24.6 Å². The van der Waals surface area contributed by atoms with Crippen molar-refractivity contribution in [3.63, 3.8) is 0 Å². The monoisotopic (exact) mass is 532 g/mol. The molecule has 1 atom stereocenters. The summed E-state index contributed by atoms with van der Waals surface area (Å²) in [6.07, 6.45) is 5.05. The molecule has 2 aromatic heterocycles. The summed E-state index contributed by atoms with van der Waals surface area (Å²) in [5.74, 6) is -0.240. The Hall–Kier alpha value is -4.31. The zero-order chi connectivity index (χ0) is 28.0. The van der Waals surface area contributed by atoms with Crippen LogP contribution in [0.5, 0.6) is 0 Å². The third kappa shape index (κ3) is 7.38. The highest BCUT2D eigenvalue weighted by Gasteiger charge is 2.26. The van der Waals surface area contributed by atoms with E-state index in [1.165, 1.54) is 13.8 Å². The number of aryl methyl sites for hydroxylation is 2. The maximum absolute atomic E-state index is 13.9. The highest BCUT2D eigenvalue weighted by molar-refractivity contribution is 6.04. The maximum Gasteiger partial charge on any atom is 0.258 e. The topological polar surface area (TPSA) is 114 Å². The van der Waals surface area contributed by atoms with Gasteiger partial charge in [-0.05, 0) is 56.5 Å². The first kappa shape index (κ1) is 27.7. The minimum Gasteiger partial charge on any atom is -0.387 e. The summed E-state index contributed by atoms with van der Waals surface area (Å²) in [7, 11) is 1.84. The number of para-hydroxylation sites is 1. The van der Waals surface area contributed by atoms with Gasteiger partial charge in [-0.2, -0.15) is 5.10 Å². The molecule has 0 aliphatic rings. The highest BCUT2D eigenvalue weighted by Crippen LogP contribution is 2.22. The quantitative estimate of drug-likeness (QED) is 0.269. The minimum atomic E-state index is -1.56. The molecule has 4 rings (SSSR count). The number of benzene rings is 2. The van der Waals surface area contributed by atoms with Gasteiger partial charge in [-0.15, -0.1) is 0 Å². The molecule has 0 radical (unpaired) electrons. The van der Waals surface area contributed by atoms with E-state index in [9.17, 15) is 19.1 Å². The smallest absolute Gasteiger partial charge is 0.258 e. The molecule has 2 aromatic carbocycles. The van der Waals surface area contributed by atoms with Crippen LogP contribution < -0.4 is 10.6 Å². The average Bonchev–Trinajstić information content (AvgIpc) is 3.53. The number of halogens is 1. The number of anilines is 1. The molecule has 204 valence electrons. The average molecular weight is 533 g/mol. The van der Waals surface area contributed by atoms with E-state index in [1.807, 2.05) is 68.0 Å². The summed E-state index contributed by atoms with van der Waals surface area (Å²) < 4.78 is 17.4. The second-order valence-corrected chi connectivity index (χ2v) is 9.98. The zero-order valence-corrected chi connectivity index (χ0v) is 22.3. The van der Waals surface area contributed by atoms with Crippen molar-refractivity contribution in [2.45, 2.75) is 44.9 Å². The third-order valence-corrected chi connectivity index (χ3v) is 6.26. The number of imidazole rings is 1. The number of alkyl halides is 1. The number of carbonyl (C=O) groups is 2. The van der Waals surface area contributed by atoms with E-state index >= 15 is 0 Å². The number of aromatic nitrogens is 4. The SMILES string of the molecule is Cn1cc(-c2cccc(C(=O)Nc3nc(CCCC(=O)NC[C@@H](F)C(C)(C)O)cn3-c3ccccc3)c2)cn1. The molecule has 0 aliphatic carbocycles. The van der Waals surface area contributed by atoms with E-state index in [4.69, 9.17) is 0 Å². The van der Waals surface area contributed by atoms with Crippen LogP contribution in [0.25, 0.3) is 16.8 Å². The van der Waals surface area contributed by atoms with Gasteiger partial charge in [0.25, 0.3) is 5.91 Å². The van der Waals surface area contributed by atoms with E-state index in [0.717, 1.165) is 16.8 Å². The van der Waals surface area contributed by atoms with Gasteiger partial charge < -0.3 is 10.4 Å². The molecule has 39 heavy (non-hydrogen) atoms. The molecule has 9 nitrogen and oxygen atoms in total. The Balaban J connectivity index is 1.44. The Labute approximate surface area is 226 Å². The van der Waals surface area contributed by atoms with Crippen molar-refractivity contribution in [2.24, 2.45) is 7.05 Å². The molecular formula is C29H33FN6O3. The lowest BCUT2D eigenvalue weighted by atomic mass is 10.0. The van der Waals surface area contributed by atoms with Crippen LogP contribution in [0, 0.1) is 0 Å². The van der Waals surface area contributed by atoms with Crippen LogP contribution in [0.1, 0.15) is 42.7 Å². The first-order valence-corrected chi connectivity index (χ1v) is 12.8. The number of hydrogen-bond acceptors (Lipinski definition) is 5. The molecule has 0 unspecified atom stereocenters. The fourth-order valence-electron chi connectivity index (χ4n) is 3.98. The number of carbonyl (C=O) groups excluding carboxylic acids is 2. The number of nitrogens with zero attached hydrogens (tertiary/aromatic N) is 4. The molecule has 4 aromatic rings. The molecular weight excluding hydrogens is 499 g/mol. The third-order valence-electron chi connectivity index (χ3n) is 6.26. The fourth-order valence-corrected chi connectivity index (χ4v) is 3.98. The van der Waals surface area contributed by atoms with Gasteiger partial charge in [-0.1, -0.05) is 30.3 Å².